The summed E-state index contributed by atoms with van der Waals surface area (Å²) in [6.45, 7) is 0.336. The van der Waals surface area contributed by atoms with Crippen molar-refractivity contribution in [2.24, 2.45) is 5.73 Å². The first kappa shape index (κ1) is 8.44. The summed E-state index contributed by atoms with van der Waals surface area (Å²) in [5.41, 5.74) is 7.20. The van der Waals surface area contributed by atoms with Gasteiger partial charge in [-0.25, -0.2) is 4.98 Å². The molecule has 0 unspecified atom stereocenters. The van der Waals surface area contributed by atoms with Crippen LogP contribution in [0.3, 0.4) is 0 Å². The second kappa shape index (κ2) is 3.07. The molecular weight excluding hydrogens is 188 g/mol. The fourth-order valence-corrected chi connectivity index (χ4v) is 1.79. The molecule has 0 radical (unpaired) electrons. The summed E-state index contributed by atoms with van der Waals surface area (Å²) in [5, 5.41) is 2.24. The molecule has 3 rings (SSSR count). The highest BCUT2D eigenvalue weighted by atomic mass is 16.3. The maximum Gasteiger partial charge on any atom is 0.209 e. The average Bonchev–Trinajstić information content (AvgIpc) is 2.72. The fourth-order valence-electron chi connectivity index (χ4n) is 1.79. The zero-order valence-corrected chi connectivity index (χ0v) is 8.10. The number of oxazole rings is 1. The molecule has 0 aliphatic heterocycles. The number of benzene rings is 2. The monoisotopic (exact) mass is 198 g/mol. The first-order valence-corrected chi connectivity index (χ1v) is 4.86. The molecule has 0 amide bonds. The van der Waals surface area contributed by atoms with Crippen molar-refractivity contribution in [2.75, 3.05) is 0 Å². The molecule has 74 valence electrons. The van der Waals surface area contributed by atoms with Crippen molar-refractivity contribution >= 4 is 21.9 Å². The van der Waals surface area contributed by atoms with E-state index in [1.807, 2.05) is 30.3 Å². The van der Waals surface area contributed by atoms with E-state index in [1.54, 1.807) is 0 Å². The number of nitrogens with zero attached hydrogens (tertiary/aromatic N) is 1. The van der Waals surface area contributed by atoms with Crippen LogP contribution in [0.25, 0.3) is 21.9 Å². The van der Waals surface area contributed by atoms with Crippen LogP contribution >= 0.6 is 0 Å². The van der Waals surface area contributed by atoms with Crippen molar-refractivity contribution in [1.29, 1.82) is 0 Å². The predicted octanol–water partition coefficient (Wildman–Crippen LogP) is 2.44. The average molecular weight is 198 g/mol. The lowest BCUT2D eigenvalue weighted by Crippen LogP contribution is -1.94. The van der Waals surface area contributed by atoms with Gasteiger partial charge >= 0.3 is 0 Å². The topological polar surface area (TPSA) is 52.0 Å². The van der Waals surface area contributed by atoms with Crippen LogP contribution in [0.2, 0.25) is 0 Å². The van der Waals surface area contributed by atoms with E-state index in [0.717, 1.165) is 21.9 Å². The van der Waals surface area contributed by atoms with E-state index in [2.05, 4.69) is 11.1 Å². The number of hydrogen-bond donors (Lipinski definition) is 1. The Labute approximate surface area is 86.5 Å². The summed E-state index contributed by atoms with van der Waals surface area (Å²) in [5.74, 6) is 0.585. The van der Waals surface area contributed by atoms with Gasteiger partial charge in [0.2, 0.25) is 5.89 Å². The fraction of sp³-hybridized carbons (Fsp3) is 0.0833. The van der Waals surface area contributed by atoms with Crippen molar-refractivity contribution in [2.45, 2.75) is 6.54 Å². The molecule has 3 aromatic rings. The van der Waals surface area contributed by atoms with Crippen LogP contribution in [0, 0.1) is 0 Å². The first-order valence-electron chi connectivity index (χ1n) is 4.86. The number of hydrogen-bond acceptors (Lipinski definition) is 3. The Bertz CT molecular complexity index is 628. The Morgan fingerprint density at radius 1 is 1.13 bits per heavy atom. The van der Waals surface area contributed by atoms with Crippen LogP contribution in [0.5, 0.6) is 0 Å². The third-order valence-corrected chi connectivity index (χ3v) is 2.50. The molecule has 0 atom stereocenters. The van der Waals surface area contributed by atoms with Gasteiger partial charge in [-0.05, 0) is 11.5 Å². The standard InChI is InChI=1S/C12H10N2O/c13-7-11-14-10-6-5-8-3-1-2-4-9(8)12(10)15-11/h1-6H,7,13H2. The van der Waals surface area contributed by atoms with Crippen molar-refractivity contribution in [1.82, 2.24) is 4.98 Å². The van der Waals surface area contributed by atoms with Crippen LogP contribution in [0.1, 0.15) is 5.89 Å². The highest BCUT2D eigenvalue weighted by Crippen LogP contribution is 2.25. The lowest BCUT2D eigenvalue weighted by atomic mass is 10.1. The molecule has 0 aliphatic rings. The van der Waals surface area contributed by atoms with Gasteiger partial charge in [-0.15, -0.1) is 0 Å². The molecule has 0 aliphatic carbocycles. The molecule has 2 aromatic carbocycles. The quantitative estimate of drug-likeness (QED) is 0.653. The Balaban J connectivity index is 2.47. The SMILES string of the molecule is NCc1nc2ccc3ccccc3c2o1. The molecule has 1 heterocycles. The van der Waals surface area contributed by atoms with Gasteiger partial charge in [-0.1, -0.05) is 30.3 Å². The third kappa shape index (κ3) is 1.21. The Kier molecular flexibility index (Phi) is 1.73. The van der Waals surface area contributed by atoms with E-state index in [-0.39, 0.29) is 0 Å². The lowest BCUT2D eigenvalue weighted by Gasteiger charge is -1.95. The number of rotatable bonds is 1. The minimum atomic E-state index is 0.336. The Morgan fingerprint density at radius 2 is 2.00 bits per heavy atom. The molecule has 15 heavy (non-hydrogen) atoms. The molecule has 0 saturated carbocycles. The minimum absolute atomic E-state index is 0.336. The third-order valence-electron chi connectivity index (χ3n) is 2.50. The predicted molar refractivity (Wildman–Crippen MR) is 59.4 cm³/mol. The van der Waals surface area contributed by atoms with Gasteiger partial charge < -0.3 is 10.2 Å². The number of aromatic nitrogens is 1. The number of nitrogens with two attached hydrogens (primary N) is 1. The van der Waals surface area contributed by atoms with Crippen LogP contribution in [-0.2, 0) is 6.54 Å². The summed E-state index contributed by atoms with van der Waals surface area (Å²) in [6, 6.07) is 12.1. The summed E-state index contributed by atoms with van der Waals surface area (Å²) < 4.78 is 5.59. The Hall–Kier alpha value is -1.87. The molecule has 3 nitrogen and oxygen atoms in total. The maximum atomic E-state index is 5.59. The van der Waals surface area contributed by atoms with Gasteiger partial charge in [0, 0.05) is 5.39 Å². The van der Waals surface area contributed by atoms with Gasteiger partial charge in [0.1, 0.15) is 5.52 Å². The van der Waals surface area contributed by atoms with E-state index in [1.165, 1.54) is 0 Å². The van der Waals surface area contributed by atoms with Crippen LogP contribution in [0.4, 0.5) is 0 Å². The van der Waals surface area contributed by atoms with Crippen molar-refractivity contribution < 1.29 is 4.42 Å². The van der Waals surface area contributed by atoms with Crippen LogP contribution in [-0.4, -0.2) is 4.98 Å². The van der Waals surface area contributed by atoms with Crippen molar-refractivity contribution in [3.05, 3.63) is 42.3 Å². The highest BCUT2D eigenvalue weighted by Gasteiger charge is 2.07. The van der Waals surface area contributed by atoms with Gasteiger partial charge in [-0.2, -0.15) is 0 Å². The van der Waals surface area contributed by atoms with Gasteiger partial charge in [0.25, 0.3) is 0 Å². The largest absolute Gasteiger partial charge is 0.439 e. The minimum Gasteiger partial charge on any atom is -0.439 e. The molecule has 0 bridgehead atoms. The van der Waals surface area contributed by atoms with E-state index in [4.69, 9.17) is 10.2 Å². The molecule has 2 N–H and O–H groups in total. The van der Waals surface area contributed by atoms with Crippen LogP contribution < -0.4 is 5.73 Å². The van der Waals surface area contributed by atoms with Crippen molar-refractivity contribution in [3.8, 4) is 0 Å². The second-order valence-corrected chi connectivity index (χ2v) is 3.45. The summed E-state index contributed by atoms with van der Waals surface area (Å²) in [7, 11) is 0. The zero-order chi connectivity index (χ0) is 10.3. The Morgan fingerprint density at radius 3 is 2.87 bits per heavy atom. The normalized spacial score (nSPS) is 11.3. The highest BCUT2D eigenvalue weighted by molar-refractivity contribution is 6.02. The molecular formula is C12H10N2O. The second-order valence-electron chi connectivity index (χ2n) is 3.45. The maximum absolute atomic E-state index is 5.59. The molecule has 0 spiro atoms. The smallest absolute Gasteiger partial charge is 0.209 e. The first-order chi connectivity index (χ1) is 7.38. The summed E-state index contributed by atoms with van der Waals surface area (Å²) in [6.07, 6.45) is 0. The van der Waals surface area contributed by atoms with E-state index in [9.17, 15) is 0 Å². The van der Waals surface area contributed by atoms with Gasteiger partial charge in [0.05, 0.1) is 6.54 Å². The molecule has 3 heteroatoms. The zero-order valence-electron chi connectivity index (χ0n) is 8.10. The lowest BCUT2D eigenvalue weighted by molar-refractivity contribution is 0.535. The van der Waals surface area contributed by atoms with Gasteiger partial charge in [-0.3, -0.25) is 0 Å². The number of fused-ring (bicyclic) bond motifs is 3. The molecule has 0 fully saturated rings. The molecule has 0 saturated heterocycles. The van der Waals surface area contributed by atoms with E-state index < -0.39 is 0 Å². The van der Waals surface area contributed by atoms with E-state index >= 15 is 0 Å². The summed E-state index contributed by atoms with van der Waals surface area (Å²) in [4.78, 5) is 4.29. The van der Waals surface area contributed by atoms with E-state index in [0.29, 0.717) is 12.4 Å². The molecule has 1 aromatic heterocycles. The van der Waals surface area contributed by atoms with Gasteiger partial charge in [0.15, 0.2) is 5.58 Å². The van der Waals surface area contributed by atoms with Crippen molar-refractivity contribution in [3.63, 3.8) is 0 Å². The van der Waals surface area contributed by atoms with Crippen LogP contribution in [0.15, 0.2) is 40.8 Å². The summed E-state index contributed by atoms with van der Waals surface area (Å²) >= 11 is 0.